The van der Waals surface area contributed by atoms with E-state index in [0.717, 1.165) is 5.32 Å². The predicted molar refractivity (Wildman–Crippen MR) is 60.1 cm³/mol. The second kappa shape index (κ2) is 4.39. The highest BCUT2D eigenvalue weighted by atomic mass is 19.4. The molecule has 2 aliphatic carbocycles. The van der Waals surface area contributed by atoms with Crippen molar-refractivity contribution < 1.29 is 37.0 Å². The summed E-state index contributed by atoms with van der Waals surface area (Å²) in [5.74, 6) is -8.17. The third-order valence-electron chi connectivity index (χ3n) is 4.12. The van der Waals surface area contributed by atoms with E-state index in [2.05, 4.69) is 0 Å². The number of alkyl halides is 5. The number of nitrogens with one attached hydrogen (secondary N) is 1. The molecule has 0 spiro atoms. The molecular formula is C12H14F5NO3. The number of hydrogen-bond donors (Lipinski definition) is 3. The first-order valence-corrected chi connectivity index (χ1v) is 6.21. The topological polar surface area (TPSA) is 69.6 Å². The Morgan fingerprint density at radius 3 is 2.19 bits per heavy atom. The van der Waals surface area contributed by atoms with E-state index in [9.17, 15) is 37.0 Å². The Morgan fingerprint density at radius 2 is 1.86 bits per heavy atom. The van der Waals surface area contributed by atoms with E-state index in [4.69, 9.17) is 0 Å². The lowest BCUT2D eigenvalue weighted by atomic mass is 9.77. The molecule has 0 aliphatic heterocycles. The number of fused-ring (bicyclic) bond motifs is 2. The minimum Gasteiger partial charge on any atom is -0.383 e. The lowest BCUT2D eigenvalue weighted by Crippen LogP contribution is -2.76. The van der Waals surface area contributed by atoms with Crippen LogP contribution in [0.5, 0.6) is 0 Å². The van der Waals surface area contributed by atoms with Crippen LogP contribution in [0.2, 0.25) is 0 Å². The van der Waals surface area contributed by atoms with Crippen molar-refractivity contribution >= 4 is 5.91 Å². The molecule has 3 N–H and O–H groups in total. The Morgan fingerprint density at radius 1 is 1.29 bits per heavy atom. The molecule has 1 amide bonds. The molecule has 0 aromatic carbocycles. The van der Waals surface area contributed by atoms with E-state index in [1.54, 1.807) is 6.08 Å². The highest BCUT2D eigenvalue weighted by molar-refractivity contribution is 5.74. The van der Waals surface area contributed by atoms with E-state index < -0.39 is 47.6 Å². The smallest absolute Gasteiger partial charge is 0.383 e. The zero-order valence-electron chi connectivity index (χ0n) is 10.9. The molecule has 4 unspecified atom stereocenters. The van der Waals surface area contributed by atoms with E-state index >= 15 is 0 Å². The molecular weight excluding hydrogens is 301 g/mol. The molecule has 2 bridgehead atoms. The molecule has 0 saturated heterocycles. The number of allylic oxidation sites excluding steroid dienone is 1. The molecule has 0 radical (unpaired) electrons. The van der Waals surface area contributed by atoms with Crippen LogP contribution in [0, 0.1) is 11.8 Å². The Kier molecular flexibility index (Phi) is 3.38. The summed E-state index contributed by atoms with van der Waals surface area (Å²) in [7, 11) is 0. The molecule has 120 valence electrons. The number of carbonyl (C=O) groups excluding carboxylic acids is 1. The summed E-state index contributed by atoms with van der Waals surface area (Å²) in [6, 6.07) is 0. The van der Waals surface area contributed by atoms with Gasteiger partial charge in [0.2, 0.25) is 5.91 Å². The molecule has 0 aromatic rings. The van der Waals surface area contributed by atoms with Gasteiger partial charge in [-0.05, 0) is 18.8 Å². The summed E-state index contributed by atoms with van der Waals surface area (Å²) >= 11 is 0. The van der Waals surface area contributed by atoms with E-state index in [-0.39, 0.29) is 6.42 Å². The number of carbonyl (C=O) groups is 1. The van der Waals surface area contributed by atoms with Gasteiger partial charge < -0.3 is 15.5 Å². The second-order valence-corrected chi connectivity index (χ2v) is 5.58. The zero-order chi connectivity index (χ0) is 16.3. The number of amides is 1. The van der Waals surface area contributed by atoms with Crippen LogP contribution in [0.4, 0.5) is 22.0 Å². The fourth-order valence-corrected chi connectivity index (χ4v) is 3.09. The van der Waals surface area contributed by atoms with Gasteiger partial charge in [0.15, 0.2) is 0 Å². The lowest BCUT2D eigenvalue weighted by Gasteiger charge is -2.46. The normalized spacial score (nSPS) is 34.9. The van der Waals surface area contributed by atoms with Gasteiger partial charge in [0.25, 0.3) is 0 Å². The van der Waals surface area contributed by atoms with Crippen LogP contribution in [0.25, 0.3) is 0 Å². The largest absolute Gasteiger partial charge is 0.443 e. The van der Waals surface area contributed by atoms with Crippen molar-refractivity contribution in [1.29, 1.82) is 0 Å². The van der Waals surface area contributed by atoms with Gasteiger partial charge in [-0.15, -0.1) is 0 Å². The molecule has 4 atom stereocenters. The molecule has 2 rings (SSSR count). The van der Waals surface area contributed by atoms with Crippen LogP contribution in [-0.2, 0) is 4.79 Å². The van der Waals surface area contributed by atoms with Gasteiger partial charge in [-0.25, -0.2) is 0 Å². The van der Waals surface area contributed by atoms with Crippen molar-refractivity contribution in [3.05, 3.63) is 12.2 Å². The quantitative estimate of drug-likeness (QED) is 0.418. The monoisotopic (exact) mass is 315 g/mol. The minimum absolute atomic E-state index is 0.0834. The third-order valence-corrected chi connectivity index (χ3v) is 4.12. The standard InChI is InChI=1S/C12H14F5NO3/c1-6(19)18-11(21,12(15,16)17)10(13,14)9(20)5-7-2-3-8(9)4-7/h2-3,7-8,20-21H,4-5H2,1H3,(H,18,19). The minimum atomic E-state index is -5.86. The number of rotatable bonds is 3. The molecule has 0 heterocycles. The molecule has 21 heavy (non-hydrogen) atoms. The van der Waals surface area contributed by atoms with Gasteiger partial charge in [0.05, 0.1) is 0 Å². The molecule has 4 nitrogen and oxygen atoms in total. The van der Waals surface area contributed by atoms with E-state index in [1.165, 1.54) is 6.08 Å². The maximum Gasteiger partial charge on any atom is 0.443 e. The summed E-state index contributed by atoms with van der Waals surface area (Å²) in [4.78, 5) is 10.8. The van der Waals surface area contributed by atoms with Crippen molar-refractivity contribution in [3.8, 4) is 0 Å². The first kappa shape index (κ1) is 16.2. The molecule has 9 heteroatoms. The Balaban J connectivity index is 2.48. The van der Waals surface area contributed by atoms with Crippen LogP contribution in [0.15, 0.2) is 12.2 Å². The fraction of sp³-hybridized carbons (Fsp3) is 0.750. The molecule has 1 saturated carbocycles. The summed E-state index contributed by atoms with van der Waals surface area (Å²) < 4.78 is 67.7. The van der Waals surface area contributed by atoms with Crippen molar-refractivity contribution in [2.45, 2.75) is 43.2 Å². The molecule has 0 aromatic heterocycles. The summed E-state index contributed by atoms with van der Waals surface area (Å²) in [5, 5.41) is 20.5. The number of hydrogen-bond acceptors (Lipinski definition) is 3. The maximum absolute atomic E-state index is 14.4. The van der Waals surface area contributed by atoms with Gasteiger partial charge in [0.1, 0.15) is 5.60 Å². The van der Waals surface area contributed by atoms with Crippen LogP contribution in [0.1, 0.15) is 19.8 Å². The van der Waals surface area contributed by atoms with Crippen LogP contribution >= 0.6 is 0 Å². The summed E-state index contributed by atoms with van der Waals surface area (Å²) in [6.07, 6.45) is -3.63. The Hall–Kier alpha value is -1.22. The van der Waals surface area contributed by atoms with Crippen molar-refractivity contribution in [2.24, 2.45) is 11.8 Å². The van der Waals surface area contributed by atoms with Crippen LogP contribution in [0.3, 0.4) is 0 Å². The Labute approximate surface area is 116 Å². The van der Waals surface area contributed by atoms with Crippen LogP contribution < -0.4 is 5.32 Å². The second-order valence-electron chi connectivity index (χ2n) is 5.58. The SMILES string of the molecule is CC(=O)NC(O)(C(F)(F)F)C(F)(F)C1(O)CC2C=CC1C2. The average molecular weight is 315 g/mol. The predicted octanol–water partition coefficient (Wildman–Crippen LogP) is 1.34. The van der Waals surface area contributed by atoms with E-state index in [1.807, 2.05) is 0 Å². The van der Waals surface area contributed by atoms with Gasteiger partial charge >= 0.3 is 17.8 Å². The highest BCUT2D eigenvalue weighted by Gasteiger charge is 2.79. The van der Waals surface area contributed by atoms with Crippen molar-refractivity contribution in [3.63, 3.8) is 0 Å². The lowest BCUT2D eigenvalue weighted by molar-refractivity contribution is -0.378. The Bertz CT molecular complexity index is 492. The van der Waals surface area contributed by atoms with Crippen molar-refractivity contribution in [2.75, 3.05) is 0 Å². The van der Waals surface area contributed by atoms with Gasteiger partial charge in [-0.3, -0.25) is 4.79 Å². The summed E-state index contributed by atoms with van der Waals surface area (Å²) in [6.45, 7) is 0.567. The fourth-order valence-electron chi connectivity index (χ4n) is 3.09. The third kappa shape index (κ3) is 2.05. The van der Waals surface area contributed by atoms with Gasteiger partial charge in [-0.2, -0.15) is 22.0 Å². The first-order valence-electron chi connectivity index (χ1n) is 6.21. The highest BCUT2D eigenvalue weighted by Crippen LogP contribution is 2.57. The van der Waals surface area contributed by atoms with Crippen LogP contribution in [-0.4, -0.2) is 39.5 Å². The maximum atomic E-state index is 14.4. The average Bonchev–Trinajstić information content (AvgIpc) is 2.86. The van der Waals surface area contributed by atoms with Crippen molar-refractivity contribution in [1.82, 2.24) is 5.32 Å². The number of aliphatic hydroxyl groups is 2. The molecule has 1 fully saturated rings. The van der Waals surface area contributed by atoms with Gasteiger partial charge in [-0.1, -0.05) is 12.2 Å². The first-order chi connectivity index (χ1) is 9.35. The molecule has 2 aliphatic rings. The number of halogens is 5. The van der Waals surface area contributed by atoms with Gasteiger partial charge in [0, 0.05) is 12.8 Å². The summed E-state index contributed by atoms with van der Waals surface area (Å²) in [5.41, 5.74) is -7.90. The zero-order valence-corrected chi connectivity index (χ0v) is 10.9. The van der Waals surface area contributed by atoms with E-state index in [0.29, 0.717) is 6.92 Å².